The van der Waals surface area contributed by atoms with E-state index in [0.717, 1.165) is 64.2 Å². The van der Waals surface area contributed by atoms with Crippen LogP contribution in [0.25, 0.3) is 0 Å². The number of carbonyl (C=O) groups is 6. The Morgan fingerprint density at radius 2 is 1.63 bits per heavy atom. The van der Waals surface area contributed by atoms with Gasteiger partial charge in [0, 0.05) is 25.0 Å². The third-order valence-corrected chi connectivity index (χ3v) is 10.7. The van der Waals surface area contributed by atoms with Crippen molar-refractivity contribution in [1.29, 1.82) is 0 Å². The zero-order chi connectivity index (χ0) is 35.3. The number of nitrogens with one attached hydrogen (secondary N) is 4. The molecule has 0 radical (unpaired) electrons. The van der Waals surface area contributed by atoms with E-state index in [1.54, 1.807) is 4.90 Å². The number of Topliss-reactive ketones (excluding diaryl/α,β-unsaturated/α-hetero) is 1. The molecule has 1 saturated heterocycles. The van der Waals surface area contributed by atoms with Gasteiger partial charge in [-0.2, -0.15) is 0 Å². The lowest BCUT2D eigenvalue weighted by Gasteiger charge is -2.38. The Hall–Kier alpha value is -3.90. The largest absolute Gasteiger partial charge is 0.347 e. The molecule has 4 aliphatic rings. The number of likely N-dealkylation sites (tertiary alicyclic amines) is 1. The van der Waals surface area contributed by atoms with Crippen LogP contribution in [0.3, 0.4) is 0 Å². The summed E-state index contributed by atoms with van der Waals surface area (Å²) in [5.41, 5.74) is -0.638. The van der Waals surface area contributed by atoms with Crippen LogP contribution in [0.15, 0.2) is 18.6 Å². The third-order valence-electron chi connectivity index (χ3n) is 10.7. The Kier molecular flexibility index (Phi) is 11.7. The van der Waals surface area contributed by atoms with E-state index in [1.807, 2.05) is 27.7 Å². The summed E-state index contributed by atoms with van der Waals surface area (Å²) in [6.45, 7) is 7.85. The highest BCUT2D eigenvalue weighted by Gasteiger charge is 2.52. The Labute approximate surface area is 288 Å². The average Bonchev–Trinajstić information content (AvgIpc) is 3.65. The van der Waals surface area contributed by atoms with Crippen LogP contribution >= 0.6 is 0 Å². The van der Waals surface area contributed by atoms with Gasteiger partial charge in [0.2, 0.25) is 23.5 Å². The number of carbonyl (C=O) groups excluding carboxylic acids is 6. The maximum absolute atomic E-state index is 14.6. The highest BCUT2D eigenvalue weighted by atomic mass is 16.2. The number of hydrogen-bond donors (Lipinski definition) is 4. The summed E-state index contributed by atoms with van der Waals surface area (Å²) in [4.78, 5) is 91.4. The van der Waals surface area contributed by atoms with E-state index in [-0.39, 0.29) is 35.4 Å². The molecule has 0 bridgehead atoms. The summed E-state index contributed by atoms with van der Waals surface area (Å²) < 4.78 is 0. The van der Waals surface area contributed by atoms with Crippen LogP contribution < -0.4 is 21.3 Å². The van der Waals surface area contributed by atoms with Crippen molar-refractivity contribution in [2.24, 2.45) is 23.2 Å². The minimum absolute atomic E-state index is 0.0132. The molecule has 3 aliphatic carbocycles. The lowest BCUT2D eigenvalue weighted by atomic mass is 9.82. The second-order valence-electron chi connectivity index (χ2n) is 15.5. The van der Waals surface area contributed by atoms with Crippen molar-refractivity contribution in [3.63, 3.8) is 0 Å². The molecule has 0 spiro atoms. The second-order valence-corrected chi connectivity index (χ2v) is 15.5. The van der Waals surface area contributed by atoms with Gasteiger partial charge in [0.15, 0.2) is 0 Å². The number of nitrogens with zero attached hydrogens (tertiary/aromatic N) is 3. The van der Waals surface area contributed by atoms with Crippen molar-refractivity contribution in [3.05, 3.63) is 24.3 Å². The van der Waals surface area contributed by atoms with Crippen LogP contribution in [-0.4, -0.2) is 86.9 Å². The molecule has 4 N–H and O–H groups in total. The summed E-state index contributed by atoms with van der Waals surface area (Å²) >= 11 is 0. The van der Waals surface area contributed by atoms with E-state index in [1.165, 1.54) is 18.6 Å². The van der Waals surface area contributed by atoms with Crippen molar-refractivity contribution in [2.75, 3.05) is 6.54 Å². The Bertz CT molecular complexity index is 1390. The zero-order valence-electron chi connectivity index (χ0n) is 29.3. The van der Waals surface area contributed by atoms with Gasteiger partial charge in [-0.3, -0.25) is 33.8 Å². The van der Waals surface area contributed by atoms with Crippen molar-refractivity contribution in [2.45, 2.75) is 135 Å². The molecule has 1 aromatic rings. The van der Waals surface area contributed by atoms with Crippen LogP contribution in [0.4, 0.5) is 0 Å². The van der Waals surface area contributed by atoms with E-state index in [0.29, 0.717) is 19.4 Å². The second kappa shape index (κ2) is 15.8. The fourth-order valence-electron chi connectivity index (χ4n) is 7.87. The van der Waals surface area contributed by atoms with Gasteiger partial charge < -0.3 is 26.2 Å². The summed E-state index contributed by atoms with van der Waals surface area (Å²) in [6.07, 6.45) is 13.9. The fraction of sp³-hybridized carbons (Fsp3) is 0.722. The molecule has 2 heterocycles. The number of fused-ring (bicyclic) bond motifs is 1. The van der Waals surface area contributed by atoms with Crippen LogP contribution in [0.5, 0.6) is 0 Å². The Balaban J connectivity index is 1.36. The topological polar surface area (TPSA) is 180 Å². The van der Waals surface area contributed by atoms with Crippen molar-refractivity contribution in [1.82, 2.24) is 36.1 Å². The summed E-state index contributed by atoms with van der Waals surface area (Å²) in [5, 5.41) is 11.5. The molecule has 13 nitrogen and oxygen atoms in total. The molecule has 6 atom stereocenters. The van der Waals surface area contributed by atoms with Gasteiger partial charge in [-0.15, -0.1) is 0 Å². The van der Waals surface area contributed by atoms with E-state index in [4.69, 9.17) is 0 Å². The van der Waals surface area contributed by atoms with Gasteiger partial charge >= 0.3 is 0 Å². The Morgan fingerprint density at radius 1 is 0.898 bits per heavy atom. The average molecular weight is 680 g/mol. The highest BCUT2D eigenvalue weighted by Crippen LogP contribution is 2.43. The molecule has 3 saturated carbocycles. The van der Waals surface area contributed by atoms with Crippen molar-refractivity contribution >= 4 is 35.3 Å². The van der Waals surface area contributed by atoms with Gasteiger partial charge in [-0.05, 0) is 68.1 Å². The molecular formula is C36H53N7O6. The van der Waals surface area contributed by atoms with Gasteiger partial charge in [0.25, 0.3) is 11.8 Å². The number of amides is 5. The molecule has 1 unspecified atom stereocenters. The molecule has 4 fully saturated rings. The smallest absolute Gasteiger partial charge is 0.289 e. The van der Waals surface area contributed by atoms with Gasteiger partial charge in [-0.1, -0.05) is 59.8 Å². The molecule has 1 aliphatic heterocycles. The summed E-state index contributed by atoms with van der Waals surface area (Å²) in [5.74, 6) is -3.20. The van der Waals surface area contributed by atoms with Gasteiger partial charge in [-0.25, -0.2) is 4.98 Å². The van der Waals surface area contributed by atoms with Gasteiger partial charge in [0.1, 0.15) is 23.8 Å². The van der Waals surface area contributed by atoms with E-state index >= 15 is 0 Å². The minimum atomic E-state index is -0.994. The fourth-order valence-corrected chi connectivity index (χ4v) is 7.87. The minimum Gasteiger partial charge on any atom is -0.347 e. The molecule has 13 heteroatoms. The zero-order valence-corrected chi connectivity index (χ0v) is 29.3. The quantitative estimate of drug-likeness (QED) is 0.230. The first-order valence-corrected chi connectivity index (χ1v) is 18.2. The molecule has 268 valence electrons. The first kappa shape index (κ1) is 36.4. The van der Waals surface area contributed by atoms with Crippen molar-refractivity contribution < 1.29 is 28.8 Å². The summed E-state index contributed by atoms with van der Waals surface area (Å²) in [7, 11) is 0. The lowest BCUT2D eigenvalue weighted by molar-refractivity contribution is -0.146. The van der Waals surface area contributed by atoms with E-state index in [9.17, 15) is 28.8 Å². The van der Waals surface area contributed by atoms with Crippen LogP contribution in [-0.2, 0) is 24.0 Å². The first-order valence-electron chi connectivity index (χ1n) is 18.2. The predicted molar refractivity (Wildman–Crippen MR) is 181 cm³/mol. The molecule has 5 rings (SSSR count). The molecule has 1 aromatic heterocycles. The molecule has 49 heavy (non-hydrogen) atoms. The maximum Gasteiger partial charge on any atom is 0.289 e. The summed E-state index contributed by atoms with van der Waals surface area (Å²) in [6, 6.07) is -3.68. The van der Waals surface area contributed by atoms with E-state index < -0.39 is 59.0 Å². The maximum atomic E-state index is 14.6. The molecule has 5 amide bonds. The standard InChI is InChI=1S/C36H53N7O6/c1-5-10-25(29(44)34(48)39-23-15-16-23)40-33(47)28-24-14-9-13-22(24)20-43(28)35(49)30(36(2,3)4)42-32(46)27(21-11-7-6-8-12-21)41-31(45)26-19-37-17-18-38-26/h17-19,21-25,27-28,30H,5-16,20H2,1-4H3,(H,39,48)(H,40,47)(H,41,45)(H,42,46)/t22?,24-,25-,27+,28+,30-/m0/s1. The SMILES string of the molecule is CCC[C@H](NC(=O)[C@H]1[C@H]2CCCC2CN1C(=O)[C@H](NC(=O)[C@H](NC(=O)c1cnccn1)C1CCCCC1)C(C)(C)C)C(=O)C(=O)NC1CC1. The highest BCUT2D eigenvalue weighted by molar-refractivity contribution is 6.38. The van der Waals surface area contributed by atoms with E-state index in [2.05, 4.69) is 31.2 Å². The van der Waals surface area contributed by atoms with Gasteiger partial charge in [0.05, 0.1) is 12.2 Å². The lowest BCUT2D eigenvalue weighted by Crippen LogP contribution is -2.62. The normalized spacial score (nSPS) is 24.2. The van der Waals surface area contributed by atoms with Crippen LogP contribution in [0.1, 0.15) is 115 Å². The number of aromatic nitrogens is 2. The first-order chi connectivity index (χ1) is 23.4. The number of ketones is 1. The van der Waals surface area contributed by atoms with Crippen molar-refractivity contribution in [3.8, 4) is 0 Å². The molecular weight excluding hydrogens is 626 g/mol. The monoisotopic (exact) mass is 679 g/mol. The van der Waals surface area contributed by atoms with Crippen LogP contribution in [0.2, 0.25) is 0 Å². The third kappa shape index (κ3) is 8.83. The Morgan fingerprint density at radius 3 is 2.27 bits per heavy atom. The predicted octanol–water partition coefficient (Wildman–Crippen LogP) is 2.45. The van der Waals surface area contributed by atoms with Crippen LogP contribution in [0, 0.1) is 23.2 Å². The molecule has 0 aromatic carbocycles. The number of rotatable bonds is 13. The number of hydrogen-bond acceptors (Lipinski definition) is 8.